The van der Waals surface area contributed by atoms with Gasteiger partial charge in [-0.25, -0.2) is 0 Å². The highest BCUT2D eigenvalue weighted by atomic mass is 35.5. The number of rotatable bonds is 1. The number of hydrogen-bond donors (Lipinski definition) is 1. The van der Waals surface area contributed by atoms with E-state index in [1.165, 1.54) is 0 Å². The minimum Gasteiger partial charge on any atom is -0.377 e. The van der Waals surface area contributed by atoms with Gasteiger partial charge in [-0.1, -0.05) is 29.3 Å². The summed E-state index contributed by atoms with van der Waals surface area (Å²) in [5.41, 5.74) is 6.62. The van der Waals surface area contributed by atoms with Gasteiger partial charge in [0, 0.05) is 5.03 Å². The van der Waals surface area contributed by atoms with Crippen molar-refractivity contribution in [2.45, 2.75) is 18.4 Å². The van der Waals surface area contributed by atoms with E-state index in [4.69, 9.17) is 33.7 Å². The lowest BCUT2D eigenvalue weighted by Crippen LogP contribution is -2.59. The Morgan fingerprint density at radius 2 is 2.08 bits per heavy atom. The zero-order valence-electron chi connectivity index (χ0n) is 7.15. The third-order valence-electron chi connectivity index (χ3n) is 2.44. The molecule has 0 aromatic carbocycles. The van der Waals surface area contributed by atoms with E-state index in [2.05, 4.69) is 6.08 Å². The van der Waals surface area contributed by atoms with Gasteiger partial charge in [0.05, 0.1) is 23.8 Å². The van der Waals surface area contributed by atoms with E-state index < -0.39 is 5.54 Å². The Hall–Kier alpha value is -0.0200. The monoisotopic (exact) mass is 219 g/mol. The minimum absolute atomic E-state index is 0.391. The standard InChI is InChI=1S/C9H11Cl2NO/c10-7-3-1-2-6(8(7)11)9(12)4-13-5-9/h2H,1,3-5,12H2. The summed E-state index contributed by atoms with van der Waals surface area (Å²) in [6.45, 7) is 1.08. The first-order valence-corrected chi connectivity index (χ1v) is 5.01. The molecule has 1 fully saturated rings. The van der Waals surface area contributed by atoms with E-state index in [-0.39, 0.29) is 0 Å². The summed E-state index contributed by atoms with van der Waals surface area (Å²) in [6.07, 6.45) is 3.81. The smallest absolute Gasteiger partial charge is 0.0895 e. The molecule has 1 aliphatic carbocycles. The normalized spacial score (nSPS) is 26.8. The van der Waals surface area contributed by atoms with Crippen LogP contribution in [-0.2, 0) is 4.74 Å². The van der Waals surface area contributed by atoms with Crippen LogP contribution < -0.4 is 5.73 Å². The SMILES string of the molecule is NC1(C2=CCCC(Cl)=C2Cl)COC1. The molecular formula is C9H11Cl2NO. The Labute approximate surface area is 87.3 Å². The molecule has 2 rings (SSSR count). The van der Waals surface area contributed by atoms with Gasteiger partial charge in [0.25, 0.3) is 0 Å². The lowest BCUT2D eigenvalue weighted by molar-refractivity contribution is -0.0326. The summed E-state index contributed by atoms with van der Waals surface area (Å²) in [4.78, 5) is 0. The second-order valence-electron chi connectivity index (χ2n) is 3.52. The van der Waals surface area contributed by atoms with Crippen molar-refractivity contribution in [3.63, 3.8) is 0 Å². The van der Waals surface area contributed by atoms with Crippen molar-refractivity contribution in [2.24, 2.45) is 5.73 Å². The van der Waals surface area contributed by atoms with Gasteiger partial charge in [0.15, 0.2) is 0 Å². The predicted octanol–water partition coefficient (Wildman–Crippen LogP) is 2.12. The van der Waals surface area contributed by atoms with Crippen molar-refractivity contribution in [1.29, 1.82) is 0 Å². The van der Waals surface area contributed by atoms with Crippen LogP contribution in [0.1, 0.15) is 12.8 Å². The topological polar surface area (TPSA) is 35.2 Å². The molecule has 0 spiro atoms. The molecule has 1 heterocycles. The van der Waals surface area contributed by atoms with Gasteiger partial charge < -0.3 is 10.5 Å². The van der Waals surface area contributed by atoms with Crippen LogP contribution in [0.15, 0.2) is 21.7 Å². The van der Waals surface area contributed by atoms with E-state index in [1.54, 1.807) is 0 Å². The van der Waals surface area contributed by atoms with Gasteiger partial charge in [-0.15, -0.1) is 0 Å². The second kappa shape index (κ2) is 3.28. The Balaban J connectivity index is 2.28. The number of hydrogen-bond acceptors (Lipinski definition) is 2. The molecule has 2 aliphatic rings. The fourth-order valence-electron chi connectivity index (χ4n) is 1.59. The molecule has 2 N–H and O–H groups in total. The highest BCUT2D eigenvalue weighted by Gasteiger charge is 2.40. The molecule has 1 saturated heterocycles. The summed E-state index contributed by atoms with van der Waals surface area (Å²) in [5.74, 6) is 0. The maximum Gasteiger partial charge on any atom is 0.0895 e. The molecular weight excluding hydrogens is 209 g/mol. The van der Waals surface area contributed by atoms with Gasteiger partial charge >= 0.3 is 0 Å². The third kappa shape index (κ3) is 1.52. The molecule has 0 aromatic heterocycles. The highest BCUT2D eigenvalue weighted by molar-refractivity contribution is 6.41. The van der Waals surface area contributed by atoms with Crippen molar-refractivity contribution >= 4 is 23.2 Å². The molecule has 4 heteroatoms. The van der Waals surface area contributed by atoms with Crippen LogP contribution in [0.25, 0.3) is 0 Å². The first-order chi connectivity index (χ1) is 6.13. The van der Waals surface area contributed by atoms with Crippen molar-refractivity contribution in [3.05, 3.63) is 21.7 Å². The van der Waals surface area contributed by atoms with Crippen molar-refractivity contribution in [3.8, 4) is 0 Å². The molecule has 0 bridgehead atoms. The molecule has 0 atom stereocenters. The van der Waals surface area contributed by atoms with Crippen molar-refractivity contribution in [2.75, 3.05) is 13.2 Å². The van der Waals surface area contributed by atoms with Gasteiger partial charge in [0.1, 0.15) is 0 Å². The average Bonchev–Trinajstić information content (AvgIpc) is 2.06. The van der Waals surface area contributed by atoms with E-state index in [0.29, 0.717) is 18.2 Å². The first kappa shape index (κ1) is 9.53. The van der Waals surface area contributed by atoms with Gasteiger partial charge in [-0.05, 0) is 18.4 Å². The zero-order valence-corrected chi connectivity index (χ0v) is 8.66. The quantitative estimate of drug-likeness (QED) is 0.734. The first-order valence-electron chi connectivity index (χ1n) is 4.25. The molecule has 2 nitrogen and oxygen atoms in total. The van der Waals surface area contributed by atoms with Crippen LogP contribution in [0.5, 0.6) is 0 Å². The Morgan fingerprint density at radius 1 is 1.38 bits per heavy atom. The fourth-order valence-corrected chi connectivity index (χ4v) is 2.16. The maximum atomic E-state index is 6.07. The number of halogens is 2. The van der Waals surface area contributed by atoms with E-state index in [0.717, 1.165) is 23.4 Å². The maximum absolute atomic E-state index is 6.07. The van der Waals surface area contributed by atoms with Crippen molar-refractivity contribution < 1.29 is 4.74 Å². The van der Waals surface area contributed by atoms with Crippen LogP contribution in [0.4, 0.5) is 0 Å². The third-order valence-corrected chi connectivity index (χ3v) is 3.35. The summed E-state index contributed by atoms with van der Waals surface area (Å²) >= 11 is 12.0. The molecule has 13 heavy (non-hydrogen) atoms. The fraction of sp³-hybridized carbons (Fsp3) is 0.556. The number of nitrogens with two attached hydrogens (primary N) is 1. The van der Waals surface area contributed by atoms with Gasteiger partial charge in [0.2, 0.25) is 0 Å². The van der Waals surface area contributed by atoms with Crippen LogP contribution in [0.3, 0.4) is 0 Å². The molecule has 0 unspecified atom stereocenters. The molecule has 0 radical (unpaired) electrons. The Bertz CT molecular complexity index is 292. The van der Waals surface area contributed by atoms with Gasteiger partial charge in [-0.3, -0.25) is 0 Å². The molecule has 72 valence electrons. The Morgan fingerprint density at radius 3 is 2.62 bits per heavy atom. The van der Waals surface area contributed by atoms with E-state index >= 15 is 0 Å². The van der Waals surface area contributed by atoms with Crippen LogP contribution in [-0.4, -0.2) is 18.8 Å². The molecule has 0 aromatic rings. The minimum atomic E-state index is -0.391. The molecule has 0 saturated carbocycles. The molecule has 0 amide bonds. The summed E-state index contributed by atoms with van der Waals surface area (Å²) in [5, 5.41) is 1.34. The highest BCUT2D eigenvalue weighted by Crippen LogP contribution is 2.38. The zero-order chi connectivity index (χ0) is 9.47. The lowest BCUT2D eigenvalue weighted by Gasteiger charge is -2.40. The lowest BCUT2D eigenvalue weighted by atomic mass is 9.85. The summed E-state index contributed by atoms with van der Waals surface area (Å²) in [6, 6.07) is 0. The summed E-state index contributed by atoms with van der Waals surface area (Å²) in [7, 11) is 0. The predicted molar refractivity (Wildman–Crippen MR) is 53.8 cm³/mol. The number of allylic oxidation sites excluding steroid dienone is 2. The Kier molecular flexibility index (Phi) is 2.41. The number of ether oxygens (including phenoxy) is 1. The summed E-state index contributed by atoms with van der Waals surface area (Å²) < 4.78 is 5.08. The second-order valence-corrected chi connectivity index (χ2v) is 4.36. The van der Waals surface area contributed by atoms with Gasteiger partial charge in [-0.2, -0.15) is 0 Å². The largest absolute Gasteiger partial charge is 0.377 e. The van der Waals surface area contributed by atoms with Crippen molar-refractivity contribution in [1.82, 2.24) is 0 Å². The van der Waals surface area contributed by atoms with E-state index in [9.17, 15) is 0 Å². The van der Waals surface area contributed by atoms with Crippen LogP contribution in [0, 0.1) is 0 Å². The van der Waals surface area contributed by atoms with Crippen LogP contribution in [0.2, 0.25) is 0 Å². The average molecular weight is 220 g/mol. The van der Waals surface area contributed by atoms with E-state index in [1.807, 2.05) is 0 Å². The molecule has 1 aliphatic heterocycles. The van der Waals surface area contributed by atoms with Crippen LogP contribution >= 0.6 is 23.2 Å².